The molecule has 2 aromatic heterocycles. The normalized spacial score (nSPS) is 11.2. The maximum atomic E-state index is 13.0. The number of fused-ring (bicyclic) bond motifs is 1. The molecule has 0 saturated carbocycles. The van der Waals surface area contributed by atoms with Crippen LogP contribution in [0.4, 0.5) is 4.39 Å². The second kappa shape index (κ2) is 6.76. The average molecular weight is 366 g/mol. The number of aryl methyl sites for hydroxylation is 1. The maximum Gasteiger partial charge on any atom is 0.350 e. The Hall–Kier alpha value is -2.93. The number of hydrogen-bond acceptors (Lipinski definition) is 4. The molecule has 0 saturated heterocycles. The summed E-state index contributed by atoms with van der Waals surface area (Å²) >= 11 is 1.39. The lowest BCUT2D eigenvalue weighted by atomic mass is 10.1. The number of thioether (sulfide) groups is 1. The van der Waals surface area contributed by atoms with Crippen LogP contribution in [0.5, 0.6) is 0 Å². The van der Waals surface area contributed by atoms with Crippen molar-refractivity contribution in [3.05, 3.63) is 82.2 Å². The van der Waals surface area contributed by atoms with Crippen LogP contribution in [0, 0.1) is 12.7 Å². The number of halogens is 1. The van der Waals surface area contributed by atoms with E-state index in [-0.39, 0.29) is 11.5 Å². The quantitative estimate of drug-likeness (QED) is 0.558. The van der Waals surface area contributed by atoms with Crippen molar-refractivity contribution in [1.82, 2.24) is 19.6 Å². The minimum Gasteiger partial charge on any atom is -0.285 e. The van der Waals surface area contributed by atoms with Crippen LogP contribution in [0.3, 0.4) is 0 Å². The van der Waals surface area contributed by atoms with Crippen molar-refractivity contribution in [2.24, 2.45) is 0 Å². The number of rotatable bonds is 4. The Bertz CT molecular complexity index is 1120. The number of nitrogens with one attached hydrogen (secondary N) is 1. The highest BCUT2D eigenvalue weighted by molar-refractivity contribution is 7.98. The summed E-state index contributed by atoms with van der Waals surface area (Å²) in [5, 5.41) is 4.82. The van der Waals surface area contributed by atoms with Gasteiger partial charge in [0, 0.05) is 11.3 Å². The Kier molecular flexibility index (Phi) is 4.30. The molecule has 2 aromatic carbocycles. The highest BCUT2D eigenvalue weighted by Crippen LogP contribution is 2.27. The van der Waals surface area contributed by atoms with E-state index in [2.05, 4.69) is 15.1 Å². The summed E-state index contributed by atoms with van der Waals surface area (Å²) in [4.78, 5) is 19.7. The first-order chi connectivity index (χ1) is 12.6. The molecule has 0 amide bonds. The van der Waals surface area contributed by atoms with Crippen LogP contribution in [0.2, 0.25) is 0 Å². The fourth-order valence-electron chi connectivity index (χ4n) is 2.77. The predicted octanol–water partition coefficient (Wildman–Crippen LogP) is 3.82. The summed E-state index contributed by atoms with van der Waals surface area (Å²) in [6.07, 6.45) is 0. The minimum absolute atomic E-state index is 0.270. The Balaban J connectivity index is 1.73. The zero-order chi connectivity index (χ0) is 18.1. The van der Waals surface area contributed by atoms with Crippen LogP contribution in [-0.4, -0.2) is 19.6 Å². The molecule has 0 atom stereocenters. The molecule has 4 rings (SSSR count). The standard InChI is InChI=1S/C19H15FN4OS/c1-12-16(14-5-3-2-4-6-14)17-21-18(22-19(25)24(17)23-12)26-11-13-7-9-15(20)10-8-13/h2-10H,11H2,1H3,(H,21,22,25). The molecule has 0 unspecified atom stereocenters. The van der Waals surface area contributed by atoms with Crippen LogP contribution < -0.4 is 5.69 Å². The van der Waals surface area contributed by atoms with Gasteiger partial charge >= 0.3 is 5.69 Å². The third-order valence-electron chi connectivity index (χ3n) is 4.00. The summed E-state index contributed by atoms with van der Waals surface area (Å²) < 4.78 is 14.3. The van der Waals surface area contributed by atoms with Gasteiger partial charge in [-0.1, -0.05) is 54.2 Å². The lowest BCUT2D eigenvalue weighted by Gasteiger charge is -2.04. The highest BCUT2D eigenvalue weighted by atomic mass is 32.2. The Morgan fingerprint density at radius 1 is 1.12 bits per heavy atom. The van der Waals surface area contributed by atoms with E-state index >= 15 is 0 Å². The van der Waals surface area contributed by atoms with E-state index in [1.54, 1.807) is 12.1 Å². The molecule has 7 heteroatoms. The number of H-pyrrole nitrogens is 1. The molecular formula is C19H15FN4OS. The predicted molar refractivity (Wildman–Crippen MR) is 99.7 cm³/mol. The molecule has 0 fully saturated rings. The topological polar surface area (TPSA) is 63.1 Å². The van der Waals surface area contributed by atoms with Gasteiger partial charge in [0.2, 0.25) is 0 Å². The zero-order valence-corrected chi connectivity index (χ0v) is 14.8. The van der Waals surface area contributed by atoms with Gasteiger partial charge in [-0.05, 0) is 30.2 Å². The van der Waals surface area contributed by atoms with E-state index in [0.29, 0.717) is 16.6 Å². The van der Waals surface area contributed by atoms with Crippen LogP contribution in [0.25, 0.3) is 16.8 Å². The first kappa shape index (κ1) is 16.5. The molecule has 0 bridgehead atoms. The molecule has 4 aromatic rings. The Labute approximate surface area is 152 Å². The lowest BCUT2D eigenvalue weighted by molar-refractivity contribution is 0.627. The molecule has 0 spiro atoms. The van der Waals surface area contributed by atoms with Crippen molar-refractivity contribution in [2.45, 2.75) is 17.8 Å². The van der Waals surface area contributed by atoms with Gasteiger partial charge in [-0.3, -0.25) is 4.98 Å². The molecule has 130 valence electrons. The largest absolute Gasteiger partial charge is 0.350 e. The molecule has 26 heavy (non-hydrogen) atoms. The SMILES string of the molecule is Cc1nn2c(=O)[nH]c(SCc3ccc(F)cc3)nc2c1-c1ccccc1. The first-order valence-corrected chi connectivity index (χ1v) is 9.03. The molecule has 1 N–H and O–H groups in total. The second-order valence-electron chi connectivity index (χ2n) is 5.82. The third kappa shape index (κ3) is 3.13. The van der Waals surface area contributed by atoms with Crippen molar-refractivity contribution in [1.29, 1.82) is 0 Å². The van der Waals surface area contributed by atoms with Crippen LogP contribution in [0.15, 0.2) is 64.5 Å². The van der Waals surface area contributed by atoms with Gasteiger partial charge < -0.3 is 0 Å². The van der Waals surface area contributed by atoms with Gasteiger partial charge in [0.15, 0.2) is 10.8 Å². The number of aromatic amines is 1. The molecular weight excluding hydrogens is 351 g/mol. The average Bonchev–Trinajstić information content (AvgIpc) is 2.98. The summed E-state index contributed by atoms with van der Waals surface area (Å²) in [7, 11) is 0. The first-order valence-electron chi connectivity index (χ1n) is 8.04. The van der Waals surface area contributed by atoms with Gasteiger partial charge in [0.05, 0.1) is 5.69 Å². The molecule has 5 nitrogen and oxygen atoms in total. The number of benzene rings is 2. The van der Waals surface area contributed by atoms with E-state index in [1.165, 1.54) is 28.4 Å². The smallest absolute Gasteiger partial charge is 0.285 e. The number of hydrogen-bond donors (Lipinski definition) is 1. The number of nitrogens with zero attached hydrogens (tertiary/aromatic N) is 3. The van der Waals surface area contributed by atoms with Crippen molar-refractivity contribution in [2.75, 3.05) is 0 Å². The number of aromatic nitrogens is 4. The van der Waals surface area contributed by atoms with Gasteiger partial charge in [0.1, 0.15) is 5.82 Å². The Morgan fingerprint density at radius 2 is 1.85 bits per heavy atom. The van der Waals surface area contributed by atoms with E-state index in [0.717, 1.165) is 22.4 Å². The lowest BCUT2D eigenvalue weighted by Crippen LogP contribution is -2.19. The van der Waals surface area contributed by atoms with Crippen LogP contribution in [0.1, 0.15) is 11.3 Å². The molecule has 0 aliphatic carbocycles. The van der Waals surface area contributed by atoms with Gasteiger partial charge in [-0.2, -0.15) is 9.61 Å². The van der Waals surface area contributed by atoms with Gasteiger partial charge in [0.25, 0.3) is 0 Å². The van der Waals surface area contributed by atoms with Gasteiger partial charge in [-0.25, -0.2) is 14.2 Å². The molecule has 0 aliphatic heterocycles. The fraction of sp³-hybridized carbons (Fsp3) is 0.105. The second-order valence-corrected chi connectivity index (χ2v) is 6.79. The van der Waals surface area contributed by atoms with Crippen LogP contribution >= 0.6 is 11.8 Å². The monoisotopic (exact) mass is 366 g/mol. The van der Waals surface area contributed by atoms with E-state index in [9.17, 15) is 9.18 Å². The molecule has 0 radical (unpaired) electrons. The molecule has 0 aliphatic rings. The Morgan fingerprint density at radius 3 is 2.58 bits per heavy atom. The maximum absolute atomic E-state index is 13.0. The fourth-order valence-corrected chi connectivity index (χ4v) is 3.58. The van der Waals surface area contributed by atoms with Crippen molar-refractivity contribution >= 4 is 17.4 Å². The van der Waals surface area contributed by atoms with Crippen LogP contribution in [-0.2, 0) is 5.75 Å². The summed E-state index contributed by atoms with van der Waals surface area (Å²) in [5.41, 5.74) is 3.70. The summed E-state index contributed by atoms with van der Waals surface area (Å²) in [6.45, 7) is 1.86. The van der Waals surface area contributed by atoms with Crippen molar-refractivity contribution in [3.8, 4) is 11.1 Å². The molecule has 2 heterocycles. The highest BCUT2D eigenvalue weighted by Gasteiger charge is 2.16. The zero-order valence-electron chi connectivity index (χ0n) is 13.9. The summed E-state index contributed by atoms with van der Waals surface area (Å²) in [5.74, 6) is 0.307. The van der Waals surface area contributed by atoms with Crippen molar-refractivity contribution < 1.29 is 4.39 Å². The summed E-state index contributed by atoms with van der Waals surface area (Å²) in [6, 6.07) is 16.0. The van der Waals surface area contributed by atoms with E-state index in [1.807, 2.05) is 37.3 Å². The minimum atomic E-state index is -0.332. The van der Waals surface area contributed by atoms with Crippen molar-refractivity contribution in [3.63, 3.8) is 0 Å². The van der Waals surface area contributed by atoms with E-state index in [4.69, 9.17) is 0 Å². The third-order valence-corrected chi connectivity index (χ3v) is 4.95. The van der Waals surface area contributed by atoms with E-state index < -0.39 is 0 Å². The van der Waals surface area contributed by atoms with Gasteiger partial charge in [-0.15, -0.1) is 0 Å².